The van der Waals surface area contributed by atoms with Gasteiger partial charge in [0.15, 0.2) is 11.5 Å². The molecule has 0 aliphatic rings. The summed E-state index contributed by atoms with van der Waals surface area (Å²) in [6.45, 7) is 6.92. The molecule has 2 N–H and O–H groups in total. The maximum Gasteiger partial charge on any atom is 0.343 e. The van der Waals surface area contributed by atoms with Crippen LogP contribution in [-0.2, 0) is 4.79 Å². The summed E-state index contributed by atoms with van der Waals surface area (Å²) >= 11 is 0. The number of carbonyl (C=O) groups is 3. The van der Waals surface area contributed by atoms with Crippen LogP contribution in [0.1, 0.15) is 53.5 Å². The Morgan fingerprint density at radius 1 is 0.775 bits per heavy atom. The minimum atomic E-state index is -0.538. The van der Waals surface area contributed by atoms with Crippen molar-refractivity contribution in [2.75, 3.05) is 26.4 Å². The number of benzene rings is 3. The Labute approximate surface area is 233 Å². The number of carbonyl (C=O) groups excluding carboxylic acids is 3. The fourth-order valence-electron chi connectivity index (χ4n) is 3.37. The largest absolute Gasteiger partial charge is 0.494 e. The van der Waals surface area contributed by atoms with Crippen molar-refractivity contribution in [3.8, 4) is 23.0 Å². The van der Waals surface area contributed by atoms with Crippen LogP contribution in [0.25, 0.3) is 0 Å². The van der Waals surface area contributed by atoms with Gasteiger partial charge in [0.25, 0.3) is 11.8 Å². The van der Waals surface area contributed by atoms with Crippen LogP contribution in [0.5, 0.6) is 23.0 Å². The molecule has 0 aromatic heterocycles. The number of rotatable bonds is 14. The van der Waals surface area contributed by atoms with Gasteiger partial charge < -0.3 is 24.3 Å². The first-order valence-electron chi connectivity index (χ1n) is 13.0. The topological polar surface area (TPSA) is 125 Å². The number of ether oxygens (including phenoxy) is 4. The highest BCUT2D eigenvalue weighted by molar-refractivity contribution is 5.96. The van der Waals surface area contributed by atoms with Gasteiger partial charge in [-0.2, -0.15) is 5.10 Å². The van der Waals surface area contributed by atoms with Crippen molar-refractivity contribution in [3.63, 3.8) is 0 Å². The molecule has 10 heteroatoms. The zero-order valence-corrected chi connectivity index (χ0v) is 22.8. The van der Waals surface area contributed by atoms with Gasteiger partial charge in [0.05, 0.1) is 38.1 Å². The summed E-state index contributed by atoms with van der Waals surface area (Å²) in [4.78, 5) is 37.0. The van der Waals surface area contributed by atoms with E-state index in [4.69, 9.17) is 18.9 Å². The van der Waals surface area contributed by atoms with E-state index in [0.717, 1.165) is 6.42 Å². The first-order chi connectivity index (χ1) is 19.4. The van der Waals surface area contributed by atoms with E-state index in [1.807, 2.05) is 20.8 Å². The SMILES string of the molecule is CCCOc1ccc(C(=O)Oc2ccc(C=NNC(=O)CNC(=O)c3ccc(OCC)cc3)cc2OCC)cc1. The monoisotopic (exact) mass is 547 g/mol. The molecule has 10 nitrogen and oxygen atoms in total. The predicted octanol–water partition coefficient (Wildman–Crippen LogP) is 4.37. The van der Waals surface area contributed by atoms with Crippen LogP contribution in [0.3, 0.4) is 0 Å². The molecule has 3 aromatic carbocycles. The van der Waals surface area contributed by atoms with Crippen LogP contribution in [0.2, 0.25) is 0 Å². The zero-order chi connectivity index (χ0) is 28.7. The van der Waals surface area contributed by atoms with Crippen molar-refractivity contribution in [3.05, 3.63) is 83.4 Å². The lowest BCUT2D eigenvalue weighted by Crippen LogP contribution is -2.34. The van der Waals surface area contributed by atoms with E-state index in [2.05, 4.69) is 15.8 Å². The second-order valence-electron chi connectivity index (χ2n) is 8.33. The fourth-order valence-corrected chi connectivity index (χ4v) is 3.37. The van der Waals surface area contributed by atoms with Crippen LogP contribution >= 0.6 is 0 Å². The Morgan fingerprint density at radius 3 is 2.08 bits per heavy atom. The summed E-state index contributed by atoms with van der Waals surface area (Å²) < 4.78 is 22.1. The Morgan fingerprint density at radius 2 is 1.43 bits per heavy atom. The molecular weight excluding hydrogens is 514 g/mol. The molecule has 40 heavy (non-hydrogen) atoms. The summed E-state index contributed by atoms with van der Waals surface area (Å²) in [6.07, 6.45) is 2.30. The molecule has 210 valence electrons. The second-order valence-corrected chi connectivity index (χ2v) is 8.33. The molecule has 0 atom stereocenters. The standard InChI is InChI=1S/C30H33N3O7/c1-4-17-39-25-14-10-23(11-15-25)30(36)40-26-16-7-21(18-27(26)38-6-3)19-32-33-28(34)20-31-29(35)22-8-12-24(13-9-22)37-5-2/h7-16,18-19H,4-6,17,20H2,1-3H3,(H,31,35)(H,33,34). The Kier molecular flexibility index (Phi) is 11.5. The lowest BCUT2D eigenvalue weighted by molar-refractivity contribution is -0.120. The Hall–Kier alpha value is -4.86. The van der Waals surface area contributed by atoms with Crippen LogP contribution in [0.4, 0.5) is 0 Å². The van der Waals surface area contributed by atoms with Crippen molar-refractivity contribution in [2.24, 2.45) is 5.10 Å². The van der Waals surface area contributed by atoms with Crippen molar-refractivity contribution in [1.82, 2.24) is 10.7 Å². The van der Waals surface area contributed by atoms with Gasteiger partial charge in [-0.15, -0.1) is 0 Å². The van der Waals surface area contributed by atoms with Gasteiger partial charge in [0.1, 0.15) is 11.5 Å². The van der Waals surface area contributed by atoms with E-state index in [1.165, 1.54) is 6.21 Å². The number of hydrogen-bond acceptors (Lipinski definition) is 8. The van der Waals surface area contributed by atoms with Gasteiger partial charge in [-0.1, -0.05) is 6.92 Å². The minimum absolute atomic E-state index is 0.247. The highest BCUT2D eigenvalue weighted by Crippen LogP contribution is 2.29. The predicted molar refractivity (Wildman–Crippen MR) is 150 cm³/mol. The average molecular weight is 548 g/mol. The minimum Gasteiger partial charge on any atom is -0.494 e. The van der Waals surface area contributed by atoms with Gasteiger partial charge in [-0.25, -0.2) is 10.2 Å². The van der Waals surface area contributed by atoms with Crippen molar-refractivity contribution in [2.45, 2.75) is 27.2 Å². The number of nitrogens with zero attached hydrogens (tertiary/aromatic N) is 1. The van der Waals surface area contributed by atoms with Crippen LogP contribution < -0.4 is 29.7 Å². The van der Waals surface area contributed by atoms with Gasteiger partial charge in [0, 0.05) is 5.56 Å². The van der Waals surface area contributed by atoms with E-state index >= 15 is 0 Å². The molecule has 3 rings (SSSR count). The van der Waals surface area contributed by atoms with Crippen molar-refractivity contribution in [1.29, 1.82) is 0 Å². The van der Waals surface area contributed by atoms with Gasteiger partial charge in [-0.3, -0.25) is 9.59 Å². The molecule has 0 saturated carbocycles. The average Bonchev–Trinajstić information content (AvgIpc) is 2.97. The second kappa shape index (κ2) is 15.5. The molecule has 0 fully saturated rings. The van der Waals surface area contributed by atoms with E-state index in [1.54, 1.807) is 66.7 Å². The molecule has 0 spiro atoms. The highest BCUT2D eigenvalue weighted by Gasteiger charge is 2.14. The van der Waals surface area contributed by atoms with E-state index in [0.29, 0.717) is 53.8 Å². The number of amides is 2. The summed E-state index contributed by atoms with van der Waals surface area (Å²) in [7, 11) is 0. The Balaban J connectivity index is 1.53. The third-order valence-electron chi connectivity index (χ3n) is 5.27. The quantitative estimate of drug-likeness (QED) is 0.133. The summed E-state index contributed by atoms with van der Waals surface area (Å²) in [5.74, 6) is 0.496. The molecule has 2 amide bonds. The molecule has 0 saturated heterocycles. The fraction of sp³-hybridized carbons (Fsp3) is 0.267. The number of hydrazone groups is 1. The van der Waals surface area contributed by atoms with Crippen molar-refractivity contribution < 1.29 is 33.3 Å². The van der Waals surface area contributed by atoms with Gasteiger partial charge >= 0.3 is 5.97 Å². The van der Waals surface area contributed by atoms with E-state index in [-0.39, 0.29) is 12.3 Å². The Bertz CT molecular complexity index is 1310. The van der Waals surface area contributed by atoms with Gasteiger partial charge in [0.2, 0.25) is 0 Å². The first kappa shape index (κ1) is 29.7. The molecule has 3 aromatic rings. The molecule has 0 unspecified atom stereocenters. The number of esters is 1. The molecule has 0 radical (unpaired) electrons. The smallest absolute Gasteiger partial charge is 0.343 e. The van der Waals surface area contributed by atoms with Crippen LogP contribution in [0.15, 0.2) is 71.8 Å². The van der Waals surface area contributed by atoms with Crippen LogP contribution in [0, 0.1) is 0 Å². The van der Waals surface area contributed by atoms with E-state index < -0.39 is 17.8 Å². The maximum atomic E-state index is 12.6. The van der Waals surface area contributed by atoms with Crippen molar-refractivity contribution >= 4 is 24.0 Å². The molecule has 0 aliphatic carbocycles. The number of hydrogen-bond donors (Lipinski definition) is 2. The lowest BCUT2D eigenvalue weighted by Gasteiger charge is -2.12. The first-order valence-corrected chi connectivity index (χ1v) is 13.0. The highest BCUT2D eigenvalue weighted by atomic mass is 16.6. The number of nitrogens with one attached hydrogen (secondary N) is 2. The molecular formula is C30H33N3O7. The molecule has 0 heterocycles. The summed E-state index contributed by atoms with van der Waals surface area (Å²) in [5.41, 5.74) is 3.73. The summed E-state index contributed by atoms with van der Waals surface area (Å²) in [6, 6.07) is 18.2. The van der Waals surface area contributed by atoms with E-state index in [9.17, 15) is 14.4 Å². The zero-order valence-electron chi connectivity index (χ0n) is 22.8. The molecule has 0 bridgehead atoms. The third-order valence-corrected chi connectivity index (χ3v) is 5.27. The maximum absolute atomic E-state index is 12.6. The van der Waals surface area contributed by atoms with Gasteiger partial charge in [-0.05, 0) is 92.6 Å². The lowest BCUT2D eigenvalue weighted by atomic mass is 10.2. The normalized spacial score (nSPS) is 10.6. The van der Waals surface area contributed by atoms with Crippen LogP contribution in [-0.4, -0.2) is 50.4 Å². The molecule has 0 aliphatic heterocycles. The third kappa shape index (κ3) is 9.16. The summed E-state index contributed by atoms with van der Waals surface area (Å²) in [5, 5.41) is 6.46.